The smallest absolute Gasteiger partial charge is 0.270 e. The predicted octanol–water partition coefficient (Wildman–Crippen LogP) is 3.26. The summed E-state index contributed by atoms with van der Waals surface area (Å²) in [4.78, 5) is 18.0. The molecule has 3 rings (SSSR count). The Labute approximate surface area is 125 Å². The van der Waals surface area contributed by atoms with E-state index in [2.05, 4.69) is 25.8 Å². The second-order valence-electron chi connectivity index (χ2n) is 6.51. The first kappa shape index (κ1) is 14.0. The molecule has 0 saturated carbocycles. The van der Waals surface area contributed by atoms with Crippen LogP contribution in [0.1, 0.15) is 37.7 Å². The van der Waals surface area contributed by atoms with Gasteiger partial charge in [-0.3, -0.25) is 4.79 Å². The Balaban J connectivity index is 1.94. The maximum Gasteiger partial charge on any atom is 0.270 e. The molecule has 1 saturated heterocycles. The van der Waals surface area contributed by atoms with E-state index in [1.165, 1.54) is 6.42 Å². The van der Waals surface area contributed by atoms with Gasteiger partial charge in [-0.05, 0) is 37.3 Å². The first-order chi connectivity index (χ1) is 9.97. The Hall–Kier alpha value is -1.97. The van der Waals surface area contributed by atoms with Gasteiger partial charge >= 0.3 is 0 Å². The number of nitrogens with one attached hydrogen (secondary N) is 1. The molecule has 3 unspecified atom stereocenters. The third-order valence-corrected chi connectivity index (χ3v) is 4.78. The van der Waals surface area contributed by atoms with Crippen LogP contribution in [0.4, 0.5) is 5.69 Å². The van der Waals surface area contributed by atoms with E-state index in [4.69, 9.17) is 5.73 Å². The number of anilines is 1. The zero-order valence-electron chi connectivity index (χ0n) is 12.9. The van der Waals surface area contributed by atoms with Gasteiger partial charge in [-0.1, -0.05) is 26.0 Å². The Morgan fingerprint density at radius 1 is 1.33 bits per heavy atom. The summed E-state index contributed by atoms with van der Waals surface area (Å²) in [6.07, 6.45) is 1.19. The first-order valence-electron chi connectivity index (χ1n) is 7.65. The zero-order chi connectivity index (χ0) is 15.1. The monoisotopic (exact) mass is 285 g/mol. The average molecular weight is 285 g/mol. The van der Waals surface area contributed by atoms with Gasteiger partial charge in [0.15, 0.2) is 0 Å². The molecular formula is C17H23N3O. The molecule has 3 atom stereocenters. The topological polar surface area (TPSA) is 62.1 Å². The van der Waals surface area contributed by atoms with Crippen molar-refractivity contribution >= 4 is 22.5 Å². The van der Waals surface area contributed by atoms with Crippen molar-refractivity contribution in [2.75, 3.05) is 12.3 Å². The fourth-order valence-electron chi connectivity index (χ4n) is 3.43. The van der Waals surface area contributed by atoms with Crippen LogP contribution in [0.2, 0.25) is 0 Å². The Morgan fingerprint density at radius 2 is 2.10 bits per heavy atom. The summed E-state index contributed by atoms with van der Waals surface area (Å²) in [5, 5.41) is 0.990. The number of rotatable bonds is 1. The number of benzene rings is 1. The molecule has 0 aliphatic carbocycles. The van der Waals surface area contributed by atoms with Crippen molar-refractivity contribution in [3.05, 3.63) is 30.0 Å². The van der Waals surface area contributed by atoms with Crippen LogP contribution < -0.4 is 5.73 Å². The number of H-pyrrole nitrogens is 1. The lowest BCUT2D eigenvalue weighted by atomic mass is 9.86. The van der Waals surface area contributed by atoms with E-state index in [1.807, 2.05) is 29.2 Å². The van der Waals surface area contributed by atoms with Gasteiger partial charge in [0.25, 0.3) is 5.91 Å². The van der Waals surface area contributed by atoms with E-state index in [-0.39, 0.29) is 11.9 Å². The number of hydrogen-bond donors (Lipinski definition) is 2. The van der Waals surface area contributed by atoms with Crippen molar-refractivity contribution in [1.82, 2.24) is 9.88 Å². The summed E-state index contributed by atoms with van der Waals surface area (Å²) < 4.78 is 0. The molecule has 1 amide bonds. The van der Waals surface area contributed by atoms with Crippen molar-refractivity contribution < 1.29 is 4.79 Å². The maximum absolute atomic E-state index is 12.8. The normalized spacial score (nSPS) is 26.2. The summed E-state index contributed by atoms with van der Waals surface area (Å²) in [6, 6.07) is 7.92. The predicted molar refractivity (Wildman–Crippen MR) is 86.2 cm³/mol. The number of hydrogen-bond acceptors (Lipinski definition) is 2. The van der Waals surface area contributed by atoms with Crippen LogP contribution in [-0.4, -0.2) is 28.4 Å². The molecule has 3 N–H and O–H groups in total. The molecular weight excluding hydrogens is 262 g/mol. The highest BCUT2D eigenvalue weighted by atomic mass is 16.2. The number of para-hydroxylation sites is 1. The number of piperidine rings is 1. The summed E-state index contributed by atoms with van der Waals surface area (Å²) >= 11 is 0. The van der Waals surface area contributed by atoms with Gasteiger partial charge in [0, 0.05) is 18.0 Å². The standard InChI is InChI=1S/C17H23N3O/c1-10-7-11(2)12(3)20(9-10)17(21)15-8-13-5-4-6-14(18)16(13)19-15/h4-6,8,10-12,19H,7,9,18H2,1-3H3. The molecule has 21 heavy (non-hydrogen) atoms. The molecule has 2 aromatic rings. The third kappa shape index (κ3) is 2.39. The maximum atomic E-state index is 12.8. The van der Waals surface area contributed by atoms with Crippen molar-refractivity contribution in [2.24, 2.45) is 11.8 Å². The van der Waals surface area contributed by atoms with E-state index >= 15 is 0 Å². The fourth-order valence-corrected chi connectivity index (χ4v) is 3.43. The number of nitrogens with two attached hydrogens (primary N) is 1. The lowest BCUT2D eigenvalue weighted by Gasteiger charge is -2.40. The van der Waals surface area contributed by atoms with Crippen LogP contribution in [0.3, 0.4) is 0 Å². The molecule has 1 aliphatic heterocycles. The second-order valence-corrected chi connectivity index (χ2v) is 6.51. The van der Waals surface area contributed by atoms with Crippen LogP contribution in [0.15, 0.2) is 24.3 Å². The quantitative estimate of drug-likeness (QED) is 0.790. The number of likely N-dealkylation sites (tertiary alicyclic amines) is 1. The number of nitrogen functional groups attached to an aromatic ring is 1. The molecule has 4 heteroatoms. The zero-order valence-corrected chi connectivity index (χ0v) is 12.9. The van der Waals surface area contributed by atoms with Gasteiger partial charge in [0.1, 0.15) is 5.69 Å². The van der Waals surface area contributed by atoms with E-state index in [0.717, 1.165) is 17.4 Å². The fraction of sp³-hybridized carbons (Fsp3) is 0.471. The minimum atomic E-state index is 0.0801. The number of amides is 1. The Bertz CT molecular complexity index is 676. The minimum absolute atomic E-state index is 0.0801. The van der Waals surface area contributed by atoms with Crippen LogP contribution in [-0.2, 0) is 0 Å². The highest BCUT2D eigenvalue weighted by Gasteiger charge is 2.32. The number of nitrogens with zero attached hydrogens (tertiary/aromatic N) is 1. The minimum Gasteiger partial charge on any atom is -0.397 e. The van der Waals surface area contributed by atoms with Crippen molar-refractivity contribution in [1.29, 1.82) is 0 Å². The summed E-state index contributed by atoms with van der Waals surface area (Å²) in [6.45, 7) is 7.41. The summed E-state index contributed by atoms with van der Waals surface area (Å²) in [5.41, 5.74) is 8.13. The van der Waals surface area contributed by atoms with Gasteiger partial charge in [-0.15, -0.1) is 0 Å². The molecule has 1 aliphatic rings. The molecule has 0 spiro atoms. The highest BCUT2D eigenvalue weighted by molar-refractivity contribution is 6.01. The molecule has 4 nitrogen and oxygen atoms in total. The van der Waals surface area contributed by atoms with Crippen LogP contribution in [0.25, 0.3) is 10.9 Å². The van der Waals surface area contributed by atoms with Gasteiger partial charge in [0.2, 0.25) is 0 Å². The van der Waals surface area contributed by atoms with Gasteiger partial charge in [-0.2, -0.15) is 0 Å². The summed E-state index contributed by atoms with van der Waals surface area (Å²) in [7, 11) is 0. The summed E-state index contributed by atoms with van der Waals surface area (Å²) in [5.74, 6) is 1.17. The van der Waals surface area contributed by atoms with Gasteiger partial charge < -0.3 is 15.6 Å². The number of aromatic nitrogens is 1. The van der Waals surface area contributed by atoms with E-state index in [1.54, 1.807) is 0 Å². The molecule has 0 radical (unpaired) electrons. The van der Waals surface area contributed by atoms with Crippen LogP contribution >= 0.6 is 0 Å². The van der Waals surface area contributed by atoms with E-state index < -0.39 is 0 Å². The number of carbonyl (C=O) groups excluding carboxylic acids is 1. The van der Waals surface area contributed by atoms with Crippen LogP contribution in [0, 0.1) is 11.8 Å². The lowest BCUT2D eigenvalue weighted by molar-refractivity contribution is 0.0451. The SMILES string of the molecule is CC1CC(C)C(C)N(C(=O)c2cc3cccc(N)c3[nH]2)C1. The van der Waals surface area contributed by atoms with Crippen molar-refractivity contribution in [3.63, 3.8) is 0 Å². The van der Waals surface area contributed by atoms with E-state index in [0.29, 0.717) is 23.2 Å². The van der Waals surface area contributed by atoms with Crippen molar-refractivity contribution in [2.45, 2.75) is 33.2 Å². The molecule has 1 fully saturated rings. The second kappa shape index (κ2) is 5.10. The molecule has 1 aromatic carbocycles. The Kier molecular flexibility index (Phi) is 3.40. The highest BCUT2D eigenvalue weighted by Crippen LogP contribution is 2.29. The van der Waals surface area contributed by atoms with Gasteiger partial charge in [0.05, 0.1) is 11.2 Å². The van der Waals surface area contributed by atoms with Crippen molar-refractivity contribution in [3.8, 4) is 0 Å². The molecule has 112 valence electrons. The van der Waals surface area contributed by atoms with Crippen LogP contribution in [0.5, 0.6) is 0 Å². The number of carbonyl (C=O) groups is 1. The molecule has 1 aromatic heterocycles. The number of fused-ring (bicyclic) bond motifs is 1. The average Bonchev–Trinajstić information content (AvgIpc) is 2.87. The first-order valence-corrected chi connectivity index (χ1v) is 7.65. The molecule has 2 heterocycles. The third-order valence-electron chi connectivity index (χ3n) is 4.78. The van der Waals surface area contributed by atoms with Gasteiger partial charge in [-0.25, -0.2) is 0 Å². The number of aromatic amines is 1. The lowest BCUT2D eigenvalue weighted by Crippen LogP contribution is -2.48. The van der Waals surface area contributed by atoms with E-state index in [9.17, 15) is 4.79 Å². The molecule has 0 bridgehead atoms. The Morgan fingerprint density at radius 3 is 2.81 bits per heavy atom. The largest absolute Gasteiger partial charge is 0.397 e.